The van der Waals surface area contributed by atoms with E-state index >= 15 is 0 Å². The minimum atomic E-state index is 0.0521. The van der Waals surface area contributed by atoms with Crippen LogP contribution in [0.2, 0.25) is 5.02 Å². The molecule has 0 saturated carbocycles. The largest absolute Gasteiger partial charge is 0.337 e. The third-order valence-electron chi connectivity index (χ3n) is 5.28. The van der Waals surface area contributed by atoms with Crippen molar-refractivity contribution in [3.63, 3.8) is 0 Å². The van der Waals surface area contributed by atoms with Crippen LogP contribution in [0.15, 0.2) is 67.0 Å². The summed E-state index contributed by atoms with van der Waals surface area (Å²) in [4.78, 5) is 26.0. The molecule has 1 amide bonds. The lowest BCUT2D eigenvalue weighted by Crippen LogP contribution is -2.59. The van der Waals surface area contributed by atoms with Gasteiger partial charge in [0.25, 0.3) is 5.91 Å². The minimum absolute atomic E-state index is 0.0521. The Labute approximate surface area is 176 Å². The summed E-state index contributed by atoms with van der Waals surface area (Å²) in [7, 11) is 0. The second-order valence-electron chi connectivity index (χ2n) is 7.45. The number of halogens is 1. The Morgan fingerprint density at radius 2 is 1.59 bits per heavy atom. The standard InChI is InChI=1S/C23H23ClN4O/c1-16-14-27(23-25-11-4-12-26-23)15-17(2)28(16)22(29)19-9-7-18(8-10-19)20-5-3-6-21(24)13-20/h3-13,16-17H,14-15H2,1-2H3. The van der Waals surface area contributed by atoms with Crippen molar-refractivity contribution in [1.29, 1.82) is 0 Å². The van der Waals surface area contributed by atoms with Crippen molar-refractivity contribution in [2.75, 3.05) is 18.0 Å². The fourth-order valence-electron chi connectivity index (χ4n) is 3.96. The number of benzene rings is 2. The molecule has 4 rings (SSSR count). The number of anilines is 1. The Kier molecular flexibility index (Phi) is 5.49. The maximum absolute atomic E-state index is 13.2. The number of hydrogen-bond acceptors (Lipinski definition) is 4. The van der Waals surface area contributed by atoms with E-state index in [1.54, 1.807) is 12.4 Å². The molecule has 1 aliphatic heterocycles. The average Bonchev–Trinajstić information content (AvgIpc) is 2.74. The molecular weight excluding hydrogens is 384 g/mol. The van der Waals surface area contributed by atoms with Gasteiger partial charge in [-0.05, 0) is 55.3 Å². The second kappa shape index (κ2) is 8.21. The zero-order valence-corrected chi connectivity index (χ0v) is 17.3. The van der Waals surface area contributed by atoms with Crippen LogP contribution in [0.5, 0.6) is 0 Å². The molecular formula is C23H23ClN4O. The van der Waals surface area contributed by atoms with Crippen molar-refractivity contribution in [1.82, 2.24) is 14.9 Å². The van der Waals surface area contributed by atoms with Crippen molar-refractivity contribution in [3.8, 4) is 11.1 Å². The summed E-state index contributed by atoms with van der Waals surface area (Å²) in [6.45, 7) is 5.56. The zero-order valence-electron chi connectivity index (χ0n) is 16.5. The third kappa shape index (κ3) is 4.10. The predicted molar refractivity (Wildman–Crippen MR) is 116 cm³/mol. The van der Waals surface area contributed by atoms with E-state index in [1.165, 1.54) is 0 Å². The molecule has 0 aliphatic carbocycles. The SMILES string of the molecule is CC1CN(c2ncccn2)CC(C)N1C(=O)c1ccc(-c2cccc(Cl)c2)cc1. The number of piperazine rings is 1. The van der Waals surface area contributed by atoms with Gasteiger partial charge in [0.15, 0.2) is 0 Å². The highest BCUT2D eigenvalue weighted by molar-refractivity contribution is 6.30. The van der Waals surface area contributed by atoms with Gasteiger partial charge < -0.3 is 9.80 Å². The molecule has 2 heterocycles. The number of hydrogen-bond donors (Lipinski definition) is 0. The van der Waals surface area contributed by atoms with E-state index in [-0.39, 0.29) is 18.0 Å². The number of carbonyl (C=O) groups excluding carboxylic acids is 1. The van der Waals surface area contributed by atoms with E-state index in [0.717, 1.165) is 11.1 Å². The average molecular weight is 407 g/mol. The van der Waals surface area contributed by atoms with E-state index in [4.69, 9.17) is 11.6 Å². The second-order valence-corrected chi connectivity index (χ2v) is 7.89. The predicted octanol–water partition coefficient (Wildman–Crippen LogP) is 4.54. The van der Waals surface area contributed by atoms with Crippen molar-refractivity contribution >= 4 is 23.5 Å². The van der Waals surface area contributed by atoms with E-state index in [0.29, 0.717) is 29.6 Å². The summed E-state index contributed by atoms with van der Waals surface area (Å²) in [6.07, 6.45) is 3.49. The van der Waals surface area contributed by atoms with Gasteiger partial charge >= 0.3 is 0 Å². The Balaban J connectivity index is 1.50. The molecule has 3 aromatic rings. The molecule has 0 N–H and O–H groups in total. The van der Waals surface area contributed by atoms with E-state index in [2.05, 4.69) is 28.7 Å². The van der Waals surface area contributed by atoms with Gasteiger partial charge in [-0.1, -0.05) is 35.9 Å². The zero-order chi connectivity index (χ0) is 20.4. The molecule has 2 unspecified atom stereocenters. The molecule has 1 aliphatic rings. The topological polar surface area (TPSA) is 49.3 Å². The van der Waals surface area contributed by atoms with Gasteiger partial charge in [-0.25, -0.2) is 9.97 Å². The summed E-state index contributed by atoms with van der Waals surface area (Å²) in [5, 5.41) is 0.700. The van der Waals surface area contributed by atoms with E-state index in [1.807, 2.05) is 59.5 Å². The molecule has 1 fully saturated rings. The highest BCUT2D eigenvalue weighted by Crippen LogP contribution is 2.25. The molecule has 0 spiro atoms. The van der Waals surface area contributed by atoms with Crippen molar-refractivity contribution in [2.45, 2.75) is 25.9 Å². The van der Waals surface area contributed by atoms with Crippen LogP contribution >= 0.6 is 11.6 Å². The molecule has 148 valence electrons. The van der Waals surface area contributed by atoms with E-state index < -0.39 is 0 Å². The van der Waals surface area contributed by atoms with Crippen LogP contribution in [-0.4, -0.2) is 45.9 Å². The normalized spacial score (nSPS) is 19.3. The molecule has 5 nitrogen and oxygen atoms in total. The Hall–Kier alpha value is -2.92. The highest BCUT2D eigenvalue weighted by atomic mass is 35.5. The van der Waals surface area contributed by atoms with Crippen LogP contribution in [0.25, 0.3) is 11.1 Å². The summed E-state index contributed by atoms with van der Waals surface area (Å²) in [6, 6.07) is 17.4. The molecule has 1 aromatic heterocycles. The van der Waals surface area contributed by atoms with E-state index in [9.17, 15) is 4.79 Å². The smallest absolute Gasteiger partial charge is 0.254 e. The summed E-state index contributed by atoms with van der Waals surface area (Å²) >= 11 is 6.09. The first-order chi connectivity index (χ1) is 14.0. The lowest BCUT2D eigenvalue weighted by molar-refractivity contribution is 0.0573. The molecule has 29 heavy (non-hydrogen) atoms. The maximum Gasteiger partial charge on any atom is 0.254 e. The first-order valence-corrected chi connectivity index (χ1v) is 10.1. The number of nitrogens with zero attached hydrogens (tertiary/aromatic N) is 4. The third-order valence-corrected chi connectivity index (χ3v) is 5.51. The monoisotopic (exact) mass is 406 g/mol. The van der Waals surface area contributed by atoms with Crippen molar-refractivity contribution in [3.05, 3.63) is 77.6 Å². The van der Waals surface area contributed by atoms with Crippen molar-refractivity contribution < 1.29 is 4.79 Å². The summed E-state index contributed by atoms with van der Waals surface area (Å²) in [5.74, 6) is 0.764. The Bertz CT molecular complexity index is 981. The van der Waals surface area contributed by atoms with Crippen LogP contribution < -0.4 is 4.90 Å². The minimum Gasteiger partial charge on any atom is -0.337 e. The lowest BCUT2D eigenvalue weighted by Gasteiger charge is -2.44. The van der Waals surface area contributed by atoms with Crippen LogP contribution in [0.3, 0.4) is 0 Å². The lowest BCUT2D eigenvalue weighted by atomic mass is 10.0. The number of amides is 1. The number of carbonyl (C=O) groups is 1. The number of aromatic nitrogens is 2. The molecule has 0 radical (unpaired) electrons. The van der Waals surface area contributed by atoms with Crippen molar-refractivity contribution in [2.24, 2.45) is 0 Å². The first kappa shape index (κ1) is 19.4. The maximum atomic E-state index is 13.2. The van der Waals surface area contributed by atoms with Gasteiger partial charge in [0.1, 0.15) is 0 Å². The first-order valence-electron chi connectivity index (χ1n) is 9.73. The quantitative estimate of drug-likeness (QED) is 0.640. The van der Waals surface area contributed by atoms with Gasteiger partial charge in [-0.2, -0.15) is 0 Å². The fraction of sp³-hybridized carbons (Fsp3) is 0.261. The fourth-order valence-corrected chi connectivity index (χ4v) is 4.15. The molecule has 6 heteroatoms. The van der Waals surface area contributed by atoms with Gasteiger partial charge in [-0.3, -0.25) is 4.79 Å². The van der Waals surface area contributed by atoms with Gasteiger partial charge in [0.2, 0.25) is 5.95 Å². The summed E-state index contributed by atoms with van der Waals surface area (Å²) < 4.78 is 0. The Morgan fingerprint density at radius 3 is 2.21 bits per heavy atom. The van der Waals surface area contributed by atoms with Gasteiger partial charge in [0, 0.05) is 48.2 Å². The van der Waals surface area contributed by atoms with Crippen LogP contribution in [0.4, 0.5) is 5.95 Å². The molecule has 2 aromatic carbocycles. The highest BCUT2D eigenvalue weighted by Gasteiger charge is 2.34. The van der Waals surface area contributed by atoms with Gasteiger partial charge in [-0.15, -0.1) is 0 Å². The Morgan fingerprint density at radius 1 is 0.931 bits per heavy atom. The van der Waals surface area contributed by atoms with Crippen LogP contribution in [-0.2, 0) is 0 Å². The molecule has 1 saturated heterocycles. The van der Waals surface area contributed by atoms with Gasteiger partial charge in [0.05, 0.1) is 0 Å². The number of rotatable bonds is 3. The molecule has 2 atom stereocenters. The van der Waals surface area contributed by atoms with Crippen LogP contribution in [0, 0.1) is 0 Å². The van der Waals surface area contributed by atoms with Crippen LogP contribution in [0.1, 0.15) is 24.2 Å². The summed E-state index contributed by atoms with van der Waals surface area (Å²) in [5.41, 5.74) is 2.77. The molecule has 0 bridgehead atoms.